The number of fused-ring (bicyclic) bond motifs is 2. The molecule has 0 bridgehead atoms. The Hall–Kier alpha value is -6.22. The van der Waals surface area contributed by atoms with Gasteiger partial charge in [-0.15, -0.1) is 22.7 Å². The number of carbonyl (C=O) groups excluding carboxylic acids is 1. The number of nitrogens with zero attached hydrogens (tertiary/aromatic N) is 5. The topological polar surface area (TPSA) is 121 Å². The fourth-order valence-corrected chi connectivity index (χ4v) is 7.37. The quantitative estimate of drug-likeness (QED) is 0.160. The molecule has 51 heavy (non-hydrogen) atoms. The SMILES string of the molecule is Cc1ccccc1COc1cc(-n2cnc3ccccc32)sc1C#N.Cc1ccccc1COc1cc(-n2cnc3ccccc32)sc1C(N)=O. The van der Waals surface area contributed by atoms with E-state index in [1.165, 1.54) is 28.2 Å². The van der Waals surface area contributed by atoms with Gasteiger partial charge in [0.1, 0.15) is 57.4 Å². The second-order valence-electron chi connectivity index (χ2n) is 11.7. The molecule has 9 nitrogen and oxygen atoms in total. The molecule has 0 aliphatic heterocycles. The molecule has 4 aromatic carbocycles. The maximum atomic E-state index is 11.9. The third-order valence-corrected chi connectivity index (χ3v) is 10.5. The molecular weight excluding hydrogens is 677 g/mol. The number of ether oxygens (including phenoxy) is 2. The lowest BCUT2D eigenvalue weighted by molar-refractivity contribution is 0.1000. The van der Waals surface area contributed by atoms with Gasteiger partial charge in [0.2, 0.25) is 0 Å². The molecular formula is C40H32N6O3S2. The molecule has 0 aliphatic carbocycles. The van der Waals surface area contributed by atoms with Gasteiger partial charge in [-0.2, -0.15) is 5.26 Å². The monoisotopic (exact) mass is 708 g/mol. The first-order valence-electron chi connectivity index (χ1n) is 16.1. The van der Waals surface area contributed by atoms with Crippen LogP contribution in [0, 0.1) is 25.2 Å². The normalized spacial score (nSPS) is 10.8. The molecule has 8 aromatic rings. The number of carbonyl (C=O) groups is 1. The zero-order valence-corrected chi connectivity index (χ0v) is 29.4. The van der Waals surface area contributed by atoms with Crippen LogP contribution in [0.15, 0.2) is 122 Å². The van der Waals surface area contributed by atoms with Crippen LogP contribution in [0.25, 0.3) is 32.1 Å². The van der Waals surface area contributed by atoms with E-state index in [-0.39, 0.29) is 0 Å². The summed E-state index contributed by atoms with van der Waals surface area (Å²) >= 11 is 2.71. The number of nitriles is 1. The standard InChI is InChI=1S/C20H17N3O2S.C20H15N3OS/c1-13-6-2-3-7-14(13)11-25-17-10-18(26-19(17)20(21)24)23-12-22-15-8-4-5-9-16(15)23;1-14-6-2-3-7-15(14)12-24-18-10-20(25-19(18)11-21)23-13-22-16-8-4-5-9-17(16)23/h2-10,12H,11H2,1H3,(H2,21,24);2-10,13H,12H2,1H3. The van der Waals surface area contributed by atoms with Gasteiger partial charge in [0, 0.05) is 12.1 Å². The highest BCUT2D eigenvalue weighted by atomic mass is 32.1. The van der Waals surface area contributed by atoms with Crippen molar-refractivity contribution in [3.63, 3.8) is 0 Å². The fraction of sp³-hybridized carbons (Fsp3) is 0.100. The molecule has 0 unspecified atom stereocenters. The summed E-state index contributed by atoms with van der Waals surface area (Å²) in [6.07, 6.45) is 3.52. The number of nitrogens with two attached hydrogens (primary N) is 1. The van der Waals surface area contributed by atoms with Crippen LogP contribution in [0.1, 0.15) is 36.8 Å². The summed E-state index contributed by atoms with van der Waals surface area (Å²) in [5, 5.41) is 11.2. The zero-order valence-electron chi connectivity index (χ0n) is 27.8. The maximum Gasteiger partial charge on any atom is 0.262 e. The molecule has 11 heteroatoms. The molecule has 0 fully saturated rings. The van der Waals surface area contributed by atoms with Gasteiger partial charge in [-0.05, 0) is 60.4 Å². The highest BCUT2D eigenvalue weighted by molar-refractivity contribution is 7.17. The number of aryl methyl sites for hydroxylation is 2. The first-order valence-corrected chi connectivity index (χ1v) is 17.7. The second kappa shape index (κ2) is 14.7. The predicted octanol–water partition coefficient (Wildman–Crippen LogP) is 8.92. The third kappa shape index (κ3) is 7.10. The summed E-state index contributed by atoms with van der Waals surface area (Å²) < 4.78 is 15.8. The number of rotatable bonds is 9. The van der Waals surface area contributed by atoms with Crippen LogP contribution in [0.4, 0.5) is 0 Å². The van der Waals surface area contributed by atoms with Crippen molar-refractivity contribution in [2.75, 3.05) is 0 Å². The van der Waals surface area contributed by atoms with Crippen LogP contribution in [0.2, 0.25) is 0 Å². The van der Waals surface area contributed by atoms with Crippen molar-refractivity contribution in [2.45, 2.75) is 27.1 Å². The highest BCUT2D eigenvalue weighted by Crippen LogP contribution is 2.35. The third-order valence-electron chi connectivity index (χ3n) is 8.37. The van der Waals surface area contributed by atoms with Crippen LogP contribution >= 0.6 is 22.7 Å². The number of imidazole rings is 2. The molecule has 0 spiro atoms. The van der Waals surface area contributed by atoms with Gasteiger partial charge >= 0.3 is 0 Å². The molecule has 0 atom stereocenters. The molecule has 2 N–H and O–H groups in total. The number of aromatic nitrogens is 4. The Morgan fingerprint density at radius 2 is 1.18 bits per heavy atom. The minimum atomic E-state index is -0.495. The largest absolute Gasteiger partial charge is 0.487 e. The van der Waals surface area contributed by atoms with Gasteiger partial charge in [0.15, 0.2) is 5.75 Å². The van der Waals surface area contributed by atoms with Gasteiger partial charge in [0.05, 0.1) is 22.1 Å². The number of para-hydroxylation sites is 4. The van der Waals surface area contributed by atoms with Crippen LogP contribution in [0.5, 0.6) is 11.5 Å². The molecule has 4 aromatic heterocycles. The summed E-state index contributed by atoms with van der Waals surface area (Å²) in [7, 11) is 0. The van der Waals surface area contributed by atoms with Crippen molar-refractivity contribution >= 4 is 50.6 Å². The number of benzene rings is 4. The number of hydrogen-bond acceptors (Lipinski definition) is 8. The van der Waals surface area contributed by atoms with Gasteiger partial charge in [-0.3, -0.25) is 13.9 Å². The molecule has 0 radical (unpaired) electrons. The van der Waals surface area contributed by atoms with Gasteiger partial charge in [0.25, 0.3) is 5.91 Å². The second-order valence-corrected chi connectivity index (χ2v) is 13.7. The lowest BCUT2D eigenvalue weighted by Gasteiger charge is -2.08. The van der Waals surface area contributed by atoms with Crippen LogP contribution < -0.4 is 15.2 Å². The predicted molar refractivity (Wildman–Crippen MR) is 202 cm³/mol. The lowest BCUT2D eigenvalue weighted by atomic mass is 10.1. The first kappa shape index (κ1) is 33.3. The van der Waals surface area contributed by atoms with Crippen molar-refractivity contribution in [1.82, 2.24) is 19.1 Å². The van der Waals surface area contributed by atoms with E-state index in [0.717, 1.165) is 48.8 Å². The minimum absolute atomic E-state index is 0.383. The Bertz CT molecular complexity index is 2540. The Kier molecular flexibility index (Phi) is 9.61. The Balaban J connectivity index is 0.000000159. The van der Waals surface area contributed by atoms with E-state index < -0.39 is 5.91 Å². The van der Waals surface area contributed by atoms with Crippen molar-refractivity contribution in [2.24, 2.45) is 5.73 Å². The summed E-state index contributed by atoms with van der Waals surface area (Å²) in [5.41, 5.74) is 13.9. The fourth-order valence-electron chi connectivity index (χ4n) is 5.55. The van der Waals surface area contributed by atoms with E-state index in [1.807, 2.05) is 119 Å². The Labute approximate surface area is 302 Å². The van der Waals surface area contributed by atoms with Gasteiger partial charge in [-0.25, -0.2) is 9.97 Å². The average Bonchev–Trinajstić information content (AvgIpc) is 3.95. The zero-order chi connectivity index (χ0) is 35.3. The summed E-state index contributed by atoms with van der Waals surface area (Å²) in [6.45, 7) is 4.92. The molecule has 4 heterocycles. The van der Waals surface area contributed by atoms with E-state index >= 15 is 0 Å². The average molecular weight is 709 g/mol. The first-order chi connectivity index (χ1) is 24.9. The Morgan fingerprint density at radius 3 is 1.71 bits per heavy atom. The van der Waals surface area contributed by atoms with E-state index in [1.54, 1.807) is 12.7 Å². The summed E-state index contributed by atoms with van der Waals surface area (Å²) in [4.78, 5) is 21.7. The molecule has 0 saturated heterocycles. The summed E-state index contributed by atoms with van der Waals surface area (Å²) in [5.74, 6) is 0.618. The number of primary amides is 1. The lowest BCUT2D eigenvalue weighted by Crippen LogP contribution is -2.10. The molecule has 0 aliphatic rings. The van der Waals surface area contributed by atoms with Gasteiger partial charge < -0.3 is 15.2 Å². The van der Waals surface area contributed by atoms with Crippen LogP contribution in [0.3, 0.4) is 0 Å². The molecule has 0 saturated carbocycles. The van der Waals surface area contributed by atoms with Gasteiger partial charge in [-0.1, -0.05) is 72.8 Å². The summed E-state index contributed by atoms with van der Waals surface area (Å²) in [6, 6.07) is 37.9. The van der Waals surface area contributed by atoms with Crippen molar-refractivity contribution in [1.29, 1.82) is 5.26 Å². The highest BCUT2D eigenvalue weighted by Gasteiger charge is 2.18. The van der Waals surface area contributed by atoms with E-state index in [0.29, 0.717) is 34.5 Å². The number of hydrogen-bond donors (Lipinski definition) is 1. The molecule has 252 valence electrons. The van der Waals surface area contributed by atoms with Crippen molar-refractivity contribution in [3.05, 3.63) is 154 Å². The number of amides is 1. The molecule has 8 rings (SSSR count). The molecule has 1 amide bonds. The van der Waals surface area contributed by atoms with E-state index in [2.05, 4.69) is 29.0 Å². The smallest absolute Gasteiger partial charge is 0.262 e. The minimum Gasteiger partial charge on any atom is -0.487 e. The van der Waals surface area contributed by atoms with Crippen molar-refractivity contribution < 1.29 is 14.3 Å². The van der Waals surface area contributed by atoms with E-state index in [9.17, 15) is 10.1 Å². The Morgan fingerprint density at radius 1 is 0.706 bits per heavy atom. The van der Waals surface area contributed by atoms with Crippen LogP contribution in [-0.4, -0.2) is 25.0 Å². The van der Waals surface area contributed by atoms with Crippen LogP contribution in [-0.2, 0) is 13.2 Å². The van der Waals surface area contributed by atoms with Crippen molar-refractivity contribution in [3.8, 4) is 27.6 Å². The van der Waals surface area contributed by atoms with E-state index in [4.69, 9.17) is 15.2 Å². The number of thiophene rings is 2. The maximum absolute atomic E-state index is 11.9.